The van der Waals surface area contributed by atoms with Gasteiger partial charge in [0.05, 0.1) is 16.8 Å². The van der Waals surface area contributed by atoms with Gasteiger partial charge in [0.2, 0.25) is 0 Å². The maximum absolute atomic E-state index is 13.4. The van der Waals surface area contributed by atoms with Crippen LogP contribution in [-0.4, -0.2) is 19.9 Å². The van der Waals surface area contributed by atoms with Crippen LogP contribution in [0.2, 0.25) is 0 Å². The highest BCUT2D eigenvalue weighted by atomic mass is 32.2. The molecule has 0 aromatic carbocycles. The summed E-state index contributed by atoms with van der Waals surface area (Å²) in [6.45, 7) is 3.39. The van der Waals surface area contributed by atoms with Gasteiger partial charge in [0.15, 0.2) is 5.82 Å². The molecule has 0 radical (unpaired) electrons. The first-order valence-corrected chi connectivity index (χ1v) is 8.29. The molecule has 0 aliphatic carbocycles. The summed E-state index contributed by atoms with van der Waals surface area (Å²) in [7, 11) is -3.78. The summed E-state index contributed by atoms with van der Waals surface area (Å²) < 4.78 is 39.9. The van der Waals surface area contributed by atoms with E-state index in [4.69, 9.17) is 0 Å². The molecule has 0 fully saturated rings. The second-order valence-corrected chi connectivity index (χ2v) is 6.67. The van der Waals surface area contributed by atoms with Gasteiger partial charge in [-0.15, -0.1) is 11.3 Å². The molecule has 0 atom stereocenters. The smallest absolute Gasteiger partial charge is 0.262 e. The van der Waals surface area contributed by atoms with E-state index < -0.39 is 15.8 Å². The summed E-state index contributed by atoms with van der Waals surface area (Å²) in [5, 5.41) is 4.65. The van der Waals surface area contributed by atoms with Gasteiger partial charge in [-0.2, -0.15) is 0 Å². The summed E-state index contributed by atoms with van der Waals surface area (Å²) in [6.07, 6.45) is 2.28. The second-order valence-electron chi connectivity index (χ2n) is 3.99. The van der Waals surface area contributed by atoms with Crippen molar-refractivity contribution in [3.63, 3.8) is 0 Å². The third kappa shape index (κ3) is 3.53. The van der Waals surface area contributed by atoms with Crippen LogP contribution in [0.4, 0.5) is 10.1 Å². The molecule has 2 N–H and O–H groups in total. The summed E-state index contributed by atoms with van der Waals surface area (Å²) in [6, 6.07) is 2.85. The Kier molecular flexibility index (Phi) is 4.69. The number of hydrogen-bond acceptors (Lipinski definition) is 5. The fraction of sp³-hybridized carbons (Fsp3) is 0.250. The fourth-order valence-corrected chi connectivity index (χ4v) is 3.82. The largest absolute Gasteiger partial charge is 0.312 e. The minimum absolute atomic E-state index is 0.112. The Hall–Kier alpha value is -1.51. The molecule has 0 bridgehead atoms. The number of aromatic nitrogens is 1. The maximum atomic E-state index is 13.4. The van der Waals surface area contributed by atoms with E-state index >= 15 is 0 Å². The maximum Gasteiger partial charge on any atom is 0.262 e. The number of pyridine rings is 1. The lowest BCUT2D eigenvalue weighted by molar-refractivity contribution is 0.598. The molecular formula is C12H14FN3O2S2. The molecule has 0 spiro atoms. The Bertz CT molecular complexity index is 686. The number of rotatable bonds is 6. The van der Waals surface area contributed by atoms with Crippen LogP contribution in [-0.2, 0) is 16.6 Å². The highest BCUT2D eigenvalue weighted by molar-refractivity contribution is 7.92. The molecule has 108 valence electrons. The van der Waals surface area contributed by atoms with Gasteiger partial charge in [0.25, 0.3) is 10.0 Å². The quantitative estimate of drug-likeness (QED) is 0.857. The zero-order valence-corrected chi connectivity index (χ0v) is 12.4. The van der Waals surface area contributed by atoms with Gasteiger partial charge >= 0.3 is 0 Å². The van der Waals surface area contributed by atoms with Crippen LogP contribution in [0.25, 0.3) is 0 Å². The van der Waals surface area contributed by atoms with Crippen molar-refractivity contribution < 1.29 is 12.8 Å². The molecular weight excluding hydrogens is 301 g/mol. The molecule has 5 nitrogen and oxygen atoms in total. The molecule has 0 saturated carbocycles. The standard InChI is InChI=1S/C12H14FN3O2S2/c1-2-14-6-9-5-10(8-19-9)20(17,18)16-12-3-4-15-7-11(12)13/h3-5,7-8,14H,2,6H2,1H3,(H,15,16). The second kappa shape index (κ2) is 6.29. The Labute approximate surface area is 120 Å². The SMILES string of the molecule is CCNCc1cc(S(=O)(=O)Nc2ccncc2F)cs1. The molecule has 0 unspecified atom stereocenters. The first-order valence-electron chi connectivity index (χ1n) is 5.93. The average molecular weight is 315 g/mol. The molecule has 0 saturated heterocycles. The van der Waals surface area contributed by atoms with Gasteiger partial charge in [-0.25, -0.2) is 12.8 Å². The van der Waals surface area contributed by atoms with Crippen LogP contribution in [0.15, 0.2) is 34.8 Å². The summed E-state index contributed by atoms with van der Waals surface area (Å²) in [5.74, 6) is -0.709. The predicted molar refractivity (Wildman–Crippen MR) is 76.7 cm³/mol. The normalized spacial score (nSPS) is 11.5. The lowest BCUT2D eigenvalue weighted by Crippen LogP contribution is -2.13. The summed E-state index contributed by atoms with van der Waals surface area (Å²) in [4.78, 5) is 4.61. The molecule has 0 aliphatic rings. The Morgan fingerprint density at radius 1 is 1.45 bits per heavy atom. The molecule has 2 heterocycles. The summed E-state index contributed by atoms with van der Waals surface area (Å²) >= 11 is 1.34. The number of anilines is 1. The van der Waals surface area contributed by atoms with Crippen LogP contribution in [0.5, 0.6) is 0 Å². The Morgan fingerprint density at radius 2 is 2.25 bits per heavy atom. The highest BCUT2D eigenvalue weighted by Crippen LogP contribution is 2.22. The van der Waals surface area contributed by atoms with E-state index in [1.165, 1.54) is 29.0 Å². The van der Waals surface area contributed by atoms with E-state index in [9.17, 15) is 12.8 Å². The average Bonchev–Trinajstić information content (AvgIpc) is 2.88. The van der Waals surface area contributed by atoms with Crippen molar-refractivity contribution in [2.45, 2.75) is 18.4 Å². The number of halogens is 1. The first kappa shape index (κ1) is 14.9. The van der Waals surface area contributed by atoms with Crippen molar-refractivity contribution in [2.75, 3.05) is 11.3 Å². The minimum Gasteiger partial charge on any atom is -0.312 e. The number of nitrogens with one attached hydrogen (secondary N) is 2. The van der Waals surface area contributed by atoms with Crippen LogP contribution in [0, 0.1) is 5.82 Å². The zero-order valence-electron chi connectivity index (χ0n) is 10.8. The Balaban J connectivity index is 2.18. The molecule has 0 amide bonds. The van der Waals surface area contributed by atoms with Crippen molar-refractivity contribution >= 4 is 27.0 Å². The molecule has 20 heavy (non-hydrogen) atoms. The number of sulfonamides is 1. The number of hydrogen-bond donors (Lipinski definition) is 2. The first-order chi connectivity index (χ1) is 9.53. The van der Waals surface area contributed by atoms with Crippen LogP contribution >= 0.6 is 11.3 Å². The molecule has 2 rings (SSSR count). The van der Waals surface area contributed by atoms with E-state index in [0.29, 0.717) is 6.54 Å². The third-order valence-electron chi connectivity index (χ3n) is 2.51. The Morgan fingerprint density at radius 3 is 2.95 bits per heavy atom. The lowest BCUT2D eigenvalue weighted by atomic mass is 10.4. The van der Waals surface area contributed by atoms with Crippen molar-refractivity contribution in [2.24, 2.45) is 0 Å². The van der Waals surface area contributed by atoms with Crippen molar-refractivity contribution in [3.8, 4) is 0 Å². The van der Waals surface area contributed by atoms with Gasteiger partial charge in [-0.1, -0.05) is 6.92 Å². The van der Waals surface area contributed by atoms with E-state index in [1.807, 2.05) is 6.92 Å². The zero-order chi connectivity index (χ0) is 14.6. The predicted octanol–water partition coefficient (Wildman–Crippen LogP) is 2.19. The van der Waals surface area contributed by atoms with Gasteiger partial charge in [-0.3, -0.25) is 9.71 Å². The molecule has 0 aliphatic heterocycles. The van der Waals surface area contributed by atoms with E-state index in [0.717, 1.165) is 17.6 Å². The molecule has 2 aromatic heterocycles. The van der Waals surface area contributed by atoms with E-state index in [-0.39, 0.29) is 10.6 Å². The van der Waals surface area contributed by atoms with Crippen molar-refractivity contribution in [3.05, 3.63) is 40.6 Å². The number of thiophene rings is 1. The van der Waals surface area contributed by atoms with Gasteiger partial charge in [0.1, 0.15) is 0 Å². The van der Waals surface area contributed by atoms with E-state index in [1.54, 1.807) is 6.07 Å². The van der Waals surface area contributed by atoms with Crippen molar-refractivity contribution in [1.29, 1.82) is 0 Å². The van der Waals surface area contributed by atoms with Crippen LogP contribution in [0.1, 0.15) is 11.8 Å². The van der Waals surface area contributed by atoms with E-state index in [2.05, 4.69) is 15.0 Å². The third-order valence-corrected chi connectivity index (χ3v) is 4.94. The summed E-state index contributed by atoms with van der Waals surface area (Å²) in [5.41, 5.74) is -0.112. The van der Waals surface area contributed by atoms with Crippen LogP contribution < -0.4 is 10.0 Å². The fourth-order valence-electron chi connectivity index (χ4n) is 1.50. The van der Waals surface area contributed by atoms with Crippen molar-refractivity contribution in [1.82, 2.24) is 10.3 Å². The number of nitrogens with zero attached hydrogens (tertiary/aromatic N) is 1. The highest BCUT2D eigenvalue weighted by Gasteiger charge is 2.18. The minimum atomic E-state index is -3.78. The van der Waals surface area contributed by atoms with Gasteiger partial charge < -0.3 is 5.32 Å². The van der Waals surface area contributed by atoms with Crippen LogP contribution in [0.3, 0.4) is 0 Å². The molecule has 8 heteroatoms. The molecule has 2 aromatic rings. The lowest BCUT2D eigenvalue weighted by Gasteiger charge is -2.06. The monoisotopic (exact) mass is 315 g/mol. The van der Waals surface area contributed by atoms with Gasteiger partial charge in [0, 0.05) is 23.0 Å². The topological polar surface area (TPSA) is 71.1 Å². The van der Waals surface area contributed by atoms with Gasteiger partial charge in [-0.05, 0) is 18.7 Å².